The first kappa shape index (κ1) is 23.0. The number of phenols is 1. The minimum absolute atomic E-state index is 0.233. The summed E-state index contributed by atoms with van der Waals surface area (Å²) in [5, 5.41) is 13.8. The Bertz CT molecular complexity index is 1460. The highest BCUT2D eigenvalue weighted by molar-refractivity contribution is 5.78. The van der Waals surface area contributed by atoms with Crippen molar-refractivity contribution < 1.29 is 9.84 Å². The maximum Gasteiger partial charge on any atom is 0.228 e. The number of anilines is 4. The molecule has 2 N–H and O–H groups in total. The zero-order valence-electron chi connectivity index (χ0n) is 21.2. The lowest BCUT2D eigenvalue weighted by atomic mass is 10.1. The number of rotatable bonds is 5. The van der Waals surface area contributed by atoms with E-state index in [0.717, 1.165) is 73.0 Å². The van der Waals surface area contributed by atoms with Crippen molar-refractivity contribution in [1.29, 1.82) is 0 Å². The number of phenolic OH excluding ortho intramolecular Hbond substituents is 1. The van der Waals surface area contributed by atoms with Crippen molar-refractivity contribution in [2.24, 2.45) is 0 Å². The van der Waals surface area contributed by atoms with Gasteiger partial charge in [-0.25, -0.2) is 9.97 Å². The topological polar surface area (TPSA) is 86.6 Å². The largest absolute Gasteiger partial charge is 0.508 e. The van der Waals surface area contributed by atoms with Gasteiger partial charge in [-0.1, -0.05) is 36.4 Å². The molecule has 2 aromatic carbocycles. The van der Waals surface area contributed by atoms with E-state index in [9.17, 15) is 5.11 Å². The van der Waals surface area contributed by atoms with Gasteiger partial charge in [-0.2, -0.15) is 4.98 Å². The maximum absolute atomic E-state index is 10.2. The smallest absolute Gasteiger partial charge is 0.228 e. The molecule has 0 unspecified atom stereocenters. The third-order valence-corrected chi connectivity index (χ3v) is 7.69. The zero-order valence-corrected chi connectivity index (χ0v) is 21.2. The van der Waals surface area contributed by atoms with Crippen molar-refractivity contribution in [3.63, 3.8) is 0 Å². The average molecular weight is 507 g/mol. The van der Waals surface area contributed by atoms with E-state index in [1.54, 1.807) is 12.1 Å². The van der Waals surface area contributed by atoms with Crippen molar-refractivity contribution in [1.82, 2.24) is 15.0 Å². The van der Waals surface area contributed by atoms with Crippen molar-refractivity contribution in [3.05, 3.63) is 83.6 Å². The lowest BCUT2D eigenvalue weighted by Crippen LogP contribution is -2.37. The molecule has 3 aliphatic rings. The number of morpholine rings is 1. The Labute approximate surface area is 222 Å². The zero-order chi connectivity index (χ0) is 25.5. The maximum atomic E-state index is 10.2. The fourth-order valence-electron chi connectivity index (χ4n) is 5.83. The van der Waals surface area contributed by atoms with Gasteiger partial charge in [-0.15, -0.1) is 0 Å². The summed E-state index contributed by atoms with van der Waals surface area (Å²) >= 11 is 0. The van der Waals surface area contributed by atoms with Gasteiger partial charge in [0.15, 0.2) is 0 Å². The summed E-state index contributed by atoms with van der Waals surface area (Å²) in [5.41, 5.74) is 6.78. The van der Waals surface area contributed by atoms with Gasteiger partial charge in [0.25, 0.3) is 0 Å². The highest BCUT2D eigenvalue weighted by Gasteiger charge is 2.30. The normalized spacial score (nSPS) is 16.9. The van der Waals surface area contributed by atoms with E-state index in [2.05, 4.69) is 50.4 Å². The summed E-state index contributed by atoms with van der Waals surface area (Å²) in [5.74, 6) is 2.74. The number of hydrogen-bond acceptors (Lipinski definition) is 8. The van der Waals surface area contributed by atoms with Gasteiger partial charge < -0.3 is 25.0 Å². The first-order valence-electron chi connectivity index (χ1n) is 13.3. The van der Waals surface area contributed by atoms with Crippen LogP contribution in [0, 0.1) is 0 Å². The first-order valence-corrected chi connectivity index (χ1v) is 13.3. The number of fused-ring (bicyclic) bond motifs is 2. The predicted molar refractivity (Wildman–Crippen MR) is 148 cm³/mol. The number of pyridine rings is 1. The Hall–Kier alpha value is -4.17. The third-order valence-electron chi connectivity index (χ3n) is 7.69. The van der Waals surface area contributed by atoms with Crippen molar-refractivity contribution >= 4 is 23.3 Å². The van der Waals surface area contributed by atoms with Gasteiger partial charge in [0.2, 0.25) is 5.95 Å². The number of nitrogens with one attached hydrogen (secondary N) is 1. The van der Waals surface area contributed by atoms with Gasteiger partial charge in [0.05, 0.1) is 18.9 Å². The molecule has 4 heterocycles. The summed E-state index contributed by atoms with van der Waals surface area (Å²) in [4.78, 5) is 19.2. The van der Waals surface area contributed by atoms with Crippen molar-refractivity contribution in [2.75, 3.05) is 48.0 Å². The van der Waals surface area contributed by atoms with Crippen LogP contribution in [0.25, 0.3) is 11.3 Å². The third kappa shape index (κ3) is 4.31. The minimum Gasteiger partial charge on any atom is -0.508 e. The van der Waals surface area contributed by atoms with Crippen molar-refractivity contribution in [2.45, 2.75) is 25.3 Å². The summed E-state index contributed by atoms with van der Waals surface area (Å²) in [7, 11) is 0. The van der Waals surface area contributed by atoms with Crippen LogP contribution in [0.15, 0.2) is 66.9 Å². The summed E-state index contributed by atoms with van der Waals surface area (Å²) in [6, 6.07) is 20.5. The van der Waals surface area contributed by atoms with Crippen LogP contribution in [-0.4, -0.2) is 58.9 Å². The minimum atomic E-state index is 0.233. The molecule has 0 atom stereocenters. The van der Waals surface area contributed by atoms with E-state index in [-0.39, 0.29) is 5.75 Å². The molecular weight excluding hydrogens is 476 g/mol. The Morgan fingerprint density at radius 3 is 2.50 bits per heavy atom. The average Bonchev–Trinajstić information content (AvgIpc) is 3.57. The van der Waals surface area contributed by atoms with Crippen molar-refractivity contribution in [3.8, 4) is 17.0 Å². The second-order valence-corrected chi connectivity index (χ2v) is 10.1. The van der Waals surface area contributed by atoms with Crippen LogP contribution in [0.2, 0.25) is 0 Å². The van der Waals surface area contributed by atoms with Crippen LogP contribution in [0.4, 0.5) is 23.3 Å². The number of aromatic nitrogens is 3. The second kappa shape index (κ2) is 9.61. The lowest BCUT2D eigenvalue weighted by molar-refractivity contribution is 0.122. The molecular formula is C30H30N6O2. The molecule has 0 bridgehead atoms. The Kier molecular flexibility index (Phi) is 5.81. The Balaban J connectivity index is 1.22. The van der Waals surface area contributed by atoms with Gasteiger partial charge in [-0.3, -0.25) is 0 Å². The van der Waals surface area contributed by atoms with Gasteiger partial charge in [-0.05, 0) is 48.6 Å². The molecule has 192 valence electrons. The van der Waals surface area contributed by atoms with Crippen LogP contribution in [-0.2, 0) is 24.0 Å². The van der Waals surface area contributed by atoms with E-state index in [1.165, 1.54) is 11.1 Å². The summed E-state index contributed by atoms with van der Waals surface area (Å²) in [6.45, 7) is 3.64. The number of nitrogens with zero attached hydrogens (tertiary/aromatic N) is 5. The molecule has 1 saturated heterocycles. The molecule has 38 heavy (non-hydrogen) atoms. The van der Waals surface area contributed by atoms with Gasteiger partial charge in [0.1, 0.15) is 17.4 Å². The van der Waals surface area contributed by atoms with Crippen LogP contribution in [0.1, 0.15) is 16.7 Å². The molecule has 4 aromatic rings. The number of hydrogen-bond donors (Lipinski definition) is 2. The fourth-order valence-corrected chi connectivity index (χ4v) is 5.83. The quantitative estimate of drug-likeness (QED) is 0.413. The highest BCUT2D eigenvalue weighted by Crippen LogP contribution is 2.40. The monoisotopic (exact) mass is 506 g/mol. The first-order chi connectivity index (χ1) is 18.7. The van der Waals surface area contributed by atoms with Gasteiger partial charge >= 0.3 is 0 Å². The molecule has 2 aliphatic heterocycles. The van der Waals surface area contributed by atoms with Gasteiger partial charge in [0, 0.05) is 54.8 Å². The van der Waals surface area contributed by atoms with E-state index in [1.807, 2.05) is 24.4 Å². The predicted octanol–water partition coefficient (Wildman–Crippen LogP) is 4.35. The van der Waals surface area contributed by atoms with Crippen LogP contribution in [0.5, 0.6) is 5.75 Å². The molecule has 7 rings (SSSR count). The summed E-state index contributed by atoms with van der Waals surface area (Å²) in [6.07, 6.45) is 4.72. The highest BCUT2D eigenvalue weighted by atomic mass is 16.5. The number of ether oxygens (including phenoxy) is 1. The molecule has 2 aromatic heterocycles. The van der Waals surface area contributed by atoms with Crippen LogP contribution in [0.3, 0.4) is 0 Å². The Morgan fingerprint density at radius 1 is 0.895 bits per heavy atom. The molecule has 1 fully saturated rings. The molecule has 0 saturated carbocycles. The lowest BCUT2D eigenvalue weighted by Gasteiger charge is -2.28. The summed E-state index contributed by atoms with van der Waals surface area (Å²) < 4.78 is 5.57. The van der Waals surface area contributed by atoms with E-state index in [0.29, 0.717) is 25.2 Å². The molecule has 1 aliphatic carbocycles. The Morgan fingerprint density at radius 2 is 1.71 bits per heavy atom. The number of benzene rings is 2. The fraction of sp³-hybridized carbons (Fsp3) is 0.300. The van der Waals surface area contributed by atoms with E-state index in [4.69, 9.17) is 14.7 Å². The van der Waals surface area contributed by atoms with E-state index < -0.39 is 0 Å². The molecule has 8 heteroatoms. The van der Waals surface area contributed by atoms with E-state index >= 15 is 0 Å². The number of aromatic hydroxyl groups is 1. The molecule has 0 amide bonds. The second-order valence-electron chi connectivity index (χ2n) is 10.1. The molecule has 8 nitrogen and oxygen atoms in total. The molecule has 0 radical (unpaired) electrons. The van der Waals surface area contributed by atoms with Crippen LogP contribution < -0.4 is 15.1 Å². The SMILES string of the molecule is Oc1cccc(-c2nc(N3CCOCC3)nc3c2CCN3c2ccnc(NC3Cc4ccccc4C3)c2)c1. The van der Waals surface area contributed by atoms with Crippen LogP contribution >= 0.6 is 0 Å². The molecule has 0 spiro atoms. The standard InChI is InChI=1S/C30H30N6O2/c37-25-7-3-6-22(18-25)28-26-9-11-36(29(26)34-30(33-28)35-12-14-38-15-13-35)24-8-10-31-27(19-24)32-23-16-20-4-1-2-5-21(20)17-23/h1-8,10,18-19,23,37H,9,11-17H2,(H,31,32).